The van der Waals surface area contributed by atoms with Gasteiger partial charge < -0.3 is 14.0 Å². The summed E-state index contributed by atoms with van der Waals surface area (Å²) in [5, 5.41) is 4.27. The predicted octanol–water partition coefficient (Wildman–Crippen LogP) is 5.07. The molecule has 0 amide bonds. The van der Waals surface area contributed by atoms with Crippen LogP contribution in [0.5, 0.6) is 0 Å². The maximum Gasteiger partial charge on any atom is 0.323 e. The van der Waals surface area contributed by atoms with Crippen LogP contribution in [0.15, 0.2) is 61.1 Å². The fourth-order valence-electron chi connectivity index (χ4n) is 3.90. The van der Waals surface area contributed by atoms with Crippen molar-refractivity contribution >= 4 is 35.1 Å². The molecule has 0 spiro atoms. The number of carbonyl (C=O) groups is 2. The van der Waals surface area contributed by atoms with E-state index in [0.29, 0.717) is 23.0 Å². The van der Waals surface area contributed by atoms with E-state index in [0.717, 1.165) is 16.8 Å². The van der Waals surface area contributed by atoms with Gasteiger partial charge in [-0.1, -0.05) is 67.4 Å². The third-order valence-corrected chi connectivity index (χ3v) is 6.03. The maximum absolute atomic E-state index is 13.0. The molecule has 0 aliphatic heterocycles. The number of rotatable bonds is 12. The molecule has 0 bridgehead atoms. The minimum atomic E-state index is -0.776. The van der Waals surface area contributed by atoms with Crippen molar-refractivity contribution in [2.45, 2.75) is 51.9 Å². The Labute approximate surface area is 221 Å². The Morgan fingerprint density at radius 1 is 1.00 bits per heavy atom. The Bertz CT molecular complexity index is 1130. The van der Waals surface area contributed by atoms with Crippen LogP contribution in [0.3, 0.4) is 0 Å². The second-order valence-corrected chi connectivity index (χ2v) is 9.89. The van der Waals surface area contributed by atoms with Crippen LogP contribution in [0.1, 0.15) is 37.1 Å². The fourth-order valence-corrected chi connectivity index (χ4v) is 4.47. The highest BCUT2D eigenvalue weighted by Crippen LogP contribution is 2.20. The van der Waals surface area contributed by atoms with Crippen LogP contribution in [0, 0.1) is 5.92 Å². The summed E-state index contributed by atoms with van der Waals surface area (Å²) in [6, 6.07) is 13.3. The summed E-state index contributed by atoms with van der Waals surface area (Å²) in [5.74, 6) is -0.690. The molecule has 3 rings (SSSR count). The van der Waals surface area contributed by atoms with Gasteiger partial charge in [-0.3, -0.25) is 14.9 Å². The molecule has 0 aliphatic rings. The van der Waals surface area contributed by atoms with Gasteiger partial charge in [-0.2, -0.15) is 0 Å². The molecule has 1 aromatic heterocycles. The minimum Gasteiger partial charge on any atom is -0.468 e. The van der Waals surface area contributed by atoms with Crippen molar-refractivity contribution in [3.8, 4) is 0 Å². The molecule has 0 saturated heterocycles. The molecule has 0 aliphatic carbocycles. The van der Waals surface area contributed by atoms with Crippen molar-refractivity contribution in [1.29, 1.82) is 0 Å². The third-order valence-electron chi connectivity index (χ3n) is 5.59. The Kier molecular flexibility index (Phi) is 10.3. The highest BCUT2D eigenvalue weighted by atomic mass is 35.5. The number of hydrogen-bond donors (Lipinski definition) is 1. The van der Waals surface area contributed by atoms with Gasteiger partial charge in [-0.15, -0.1) is 0 Å². The summed E-state index contributed by atoms with van der Waals surface area (Å²) in [5.41, 5.74) is 2.58. The van der Waals surface area contributed by atoms with Crippen LogP contribution in [0.2, 0.25) is 10.0 Å². The van der Waals surface area contributed by atoms with E-state index in [1.807, 2.05) is 60.9 Å². The van der Waals surface area contributed by atoms with Gasteiger partial charge in [0.25, 0.3) is 0 Å². The Morgan fingerprint density at radius 2 is 1.69 bits per heavy atom. The lowest BCUT2D eigenvalue weighted by molar-refractivity contribution is -0.149. The molecule has 1 heterocycles. The monoisotopic (exact) mass is 531 g/mol. The van der Waals surface area contributed by atoms with E-state index < -0.39 is 24.0 Å². The van der Waals surface area contributed by atoms with Crippen molar-refractivity contribution in [2.75, 3.05) is 7.11 Å². The van der Waals surface area contributed by atoms with E-state index in [9.17, 15) is 9.59 Å². The van der Waals surface area contributed by atoms with Crippen LogP contribution in [0.4, 0.5) is 0 Å². The lowest BCUT2D eigenvalue weighted by atomic mass is 10.0. The number of hydrogen-bond acceptors (Lipinski definition) is 6. The van der Waals surface area contributed by atoms with Crippen LogP contribution in [0.25, 0.3) is 0 Å². The highest BCUT2D eigenvalue weighted by molar-refractivity contribution is 6.34. The largest absolute Gasteiger partial charge is 0.468 e. The van der Waals surface area contributed by atoms with Crippen molar-refractivity contribution in [2.24, 2.45) is 5.92 Å². The van der Waals surface area contributed by atoms with E-state index in [-0.39, 0.29) is 18.9 Å². The second-order valence-electron chi connectivity index (χ2n) is 9.01. The molecule has 1 N–H and O–H groups in total. The lowest BCUT2D eigenvalue weighted by Crippen LogP contribution is -2.50. The number of carbonyl (C=O) groups excluding carboxylic acids is 2. The van der Waals surface area contributed by atoms with Gasteiger partial charge >= 0.3 is 11.9 Å². The van der Waals surface area contributed by atoms with Crippen LogP contribution < -0.4 is 5.32 Å². The predicted molar refractivity (Wildman–Crippen MR) is 140 cm³/mol. The Balaban J connectivity index is 1.74. The normalized spacial score (nSPS) is 12.8. The maximum atomic E-state index is 13.0. The number of methoxy groups -OCH3 is 1. The van der Waals surface area contributed by atoms with E-state index in [4.69, 9.17) is 32.7 Å². The summed E-state index contributed by atoms with van der Waals surface area (Å²) in [7, 11) is 1.33. The number of ether oxygens (including phenoxy) is 2. The third kappa shape index (κ3) is 8.36. The first-order valence-electron chi connectivity index (χ1n) is 11.7. The zero-order valence-corrected chi connectivity index (χ0v) is 22.1. The Hall–Kier alpha value is -2.87. The minimum absolute atomic E-state index is 0.161. The summed E-state index contributed by atoms with van der Waals surface area (Å²) in [4.78, 5) is 30.0. The summed E-state index contributed by atoms with van der Waals surface area (Å²) < 4.78 is 12.5. The molecule has 7 nitrogen and oxygen atoms in total. The van der Waals surface area contributed by atoms with Crippen LogP contribution >= 0.6 is 23.2 Å². The van der Waals surface area contributed by atoms with Gasteiger partial charge in [0.15, 0.2) is 0 Å². The number of aromatic nitrogens is 2. The Morgan fingerprint density at radius 3 is 2.33 bits per heavy atom. The summed E-state index contributed by atoms with van der Waals surface area (Å²) in [6.07, 6.45) is 4.14. The van der Waals surface area contributed by atoms with Crippen LogP contribution in [-0.2, 0) is 38.6 Å². The van der Waals surface area contributed by atoms with Gasteiger partial charge in [0.1, 0.15) is 18.7 Å². The van der Waals surface area contributed by atoms with Gasteiger partial charge in [-0.25, -0.2) is 4.98 Å². The first-order valence-corrected chi connectivity index (χ1v) is 12.5. The number of halogens is 2. The zero-order chi connectivity index (χ0) is 26.1. The molecule has 36 heavy (non-hydrogen) atoms. The molecule has 192 valence electrons. The van der Waals surface area contributed by atoms with Gasteiger partial charge in [0.05, 0.1) is 13.4 Å². The van der Waals surface area contributed by atoms with Crippen molar-refractivity contribution < 1.29 is 19.1 Å². The molecule has 0 fully saturated rings. The van der Waals surface area contributed by atoms with Crippen molar-refractivity contribution in [3.63, 3.8) is 0 Å². The molecule has 2 aromatic carbocycles. The number of benzene rings is 2. The first-order chi connectivity index (χ1) is 17.2. The number of nitrogens with one attached hydrogen (secondary N) is 1. The van der Waals surface area contributed by atoms with E-state index in [1.165, 1.54) is 7.11 Å². The molecule has 9 heteroatoms. The average Bonchev–Trinajstić information content (AvgIpc) is 3.27. The van der Waals surface area contributed by atoms with Crippen LogP contribution in [-0.4, -0.2) is 40.7 Å². The highest BCUT2D eigenvalue weighted by Gasteiger charge is 2.29. The molecule has 0 unspecified atom stereocenters. The van der Waals surface area contributed by atoms with E-state index in [2.05, 4.69) is 10.3 Å². The molecule has 3 aromatic rings. The second kappa shape index (κ2) is 13.4. The average molecular weight is 532 g/mol. The van der Waals surface area contributed by atoms with E-state index >= 15 is 0 Å². The topological polar surface area (TPSA) is 82.5 Å². The smallest absolute Gasteiger partial charge is 0.323 e. The summed E-state index contributed by atoms with van der Waals surface area (Å²) in [6.45, 7) is 4.65. The number of esters is 2. The van der Waals surface area contributed by atoms with Gasteiger partial charge in [0.2, 0.25) is 0 Å². The molecule has 0 radical (unpaired) electrons. The number of imidazole rings is 1. The molecular formula is C27H31Cl2N3O4. The zero-order valence-electron chi connectivity index (χ0n) is 20.6. The molecular weight excluding hydrogens is 501 g/mol. The molecule has 2 atom stereocenters. The standard InChI is InChI=1S/C27H31Cl2N3O4/c1-18(2)9-24(27(34)36-16-19-7-5-4-6-8-19)31-25(26(33)35-3)13-23-14-30-17-32(23)15-20-10-21(28)12-22(29)11-20/h4-8,10-12,14,17-18,24-25,31H,9,13,15-16H2,1-3H3/t24-,25+/m1/s1. The van der Waals surface area contributed by atoms with Gasteiger partial charge in [-0.05, 0) is 41.7 Å². The first kappa shape index (κ1) is 27.7. The van der Waals surface area contributed by atoms with Crippen molar-refractivity contribution in [1.82, 2.24) is 14.9 Å². The quantitative estimate of drug-likeness (QED) is 0.328. The SMILES string of the molecule is COC(=O)[C@H](Cc1cncn1Cc1cc(Cl)cc(Cl)c1)N[C@H](CC(C)C)C(=O)OCc1ccccc1. The summed E-state index contributed by atoms with van der Waals surface area (Å²) >= 11 is 12.3. The molecule has 0 saturated carbocycles. The number of nitrogens with zero attached hydrogens (tertiary/aromatic N) is 2. The lowest BCUT2D eigenvalue weighted by Gasteiger charge is -2.25. The fraction of sp³-hybridized carbons (Fsp3) is 0.370. The van der Waals surface area contributed by atoms with Gasteiger partial charge in [0, 0.05) is 34.9 Å². The van der Waals surface area contributed by atoms with Crippen molar-refractivity contribution in [3.05, 3.63) is 87.9 Å². The van der Waals surface area contributed by atoms with E-state index in [1.54, 1.807) is 18.6 Å².